The Balaban J connectivity index is 4.83. The molecule has 0 saturated heterocycles. The standard InChI is InChI=1S/C11H21NO4S/c1-12(2,3)8-11(16,7-10(15)17)9(14)5-4-6-13/h13,16H,4-8H2,1-3H3/p+1. The number of aliphatic hydroxyl groups excluding tert-OH is 1. The molecular weight excluding hydrogens is 242 g/mol. The lowest BCUT2D eigenvalue weighted by Gasteiger charge is -2.34. The summed E-state index contributed by atoms with van der Waals surface area (Å²) in [6.45, 7) is 0.0323. The fourth-order valence-corrected chi connectivity index (χ4v) is 2.01. The number of ketones is 1. The minimum absolute atomic E-state index is 0.0635. The Bertz CT molecular complexity index is 288. The summed E-state index contributed by atoms with van der Waals surface area (Å²) < 4.78 is 0.364. The van der Waals surface area contributed by atoms with Crippen LogP contribution in [0.5, 0.6) is 0 Å². The van der Waals surface area contributed by atoms with E-state index in [-0.39, 0.29) is 26.0 Å². The van der Waals surface area contributed by atoms with Gasteiger partial charge in [-0.2, -0.15) is 0 Å². The molecule has 0 heterocycles. The van der Waals surface area contributed by atoms with Gasteiger partial charge in [0.15, 0.2) is 16.5 Å². The van der Waals surface area contributed by atoms with E-state index in [1.807, 2.05) is 21.1 Å². The molecule has 0 amide bonds. The normalized spacial score (nSPS) is 15.4. The van der Waals surface area contributed by atoms with Crippen molar-refractivity contribution in [2.75, 3.05) is 34.3 Å². The number of aliphatic hydroxyl groups is 2. The fraction of sp³-hybridized carbons (Fsp3) is 0.818. The maximum atomic E-state index is 11.9. The first-order chi connectivity index (χ1) is 7.60. The number of rotatable bonds is 8. The third kappa shape index (κ3) is 6.78. The maximum Gasteiger partial charge on any atom is 0.189 e. The van der Waals surface area contributed by atoms with Crippen molar-refractivity contribution in [2.24, 2.45) is 0 Å². The van der Waals surface area contributed by atoms with Crippen LogP contribution in [-0.2, 0) is 9.59 Å². The zero-order valence-electron chi connectivity index (χ0n) is 10.6. The van der Waals surface area contributed by atoms with Gasteiger partial charge in [-0.05, 0) is 6.42 Å². The van der Waals surface area contributed by atoms with Crippen LogP contribution in [0.1, 0.15) is 19.3 Å². The molecule has 5 nitrogen and oxygen atoms in total. The third-order valence-corrected chi connectivity index (χ3v) is 2.42. The minimum atomic E-state index is -1.69. The number of carbonyl (C=O) groups is 2. The van der Waals surface area contributed by atoms with Crippen LogP contribution in [0, 0.1) is 0 Å². The number of quaternary nitrogens is 1. The van der Waals surface area contributed by atoms with Gasteiger partial charge in [-0.3, -0.25) is 9.59 Å². The molecule has 0 rings (SSSR count). The van der Waals surface area contributed by atoms with Crippen LogP contribution in [0.2, 0.25) is 0 Å². The van der Waals surface area contributed by atoms with Crippen molar-refractivity contribution in [3.63, 3.8) is 0 Å². The van der Waals surface area contributed by atoms with Crippen molar-refractivity contribution < 1.29 is 24.3 Å². The quantitative estimate of drug-likeness (QED) is 0.412. The van der Waals surface area contributed by atoms with E-state index in [2.05, 4.69) is 12.6 Å². The summed E-state index contributed by atoms with van der Waals surface area (Å²) in [6, 6.07) is 0. The van der Waals surface area contributed by atoms with Gasteiger partial charge in [-0.15, -0.1) is 12.6 Å². The molecular formula is C11H22NO4S+. The molecule has 6 heteroatoms. The third-order valence-electron chi connectivity index (χ3n) is 2.26. The van der Waals surface area contributed by atoms with E-state index >= 15 is 0 Å². The number of hydrogen-bond donors (Lipinski definition) is 3. The van der Waals surface area contributed by atoms with Gasteiger partial charge in [0.1, 0.15) is 6.54 Å². The Hall–Kier alpha value is -0.430. The molecule has 100 valence electrons. The highest BCUT2D eigenvalue weighted by Gasteiger charge is 2.41. The van der Waals surface area contributed by atoms with Crippen LogP contribution in [0.3, 0.4) is 0 Å². The summed E-state index contributed by atoms with van der Waals surface area (Å²) in [5, 5.41) is 18.5. The number of nitrogens with zero attached hydrogens (tertiary/aromatic N) is 1. The second kappa shape index (κ2) is 6.49. The zero-order chi connectivity index (χ0) is 13.7. The molecule has 1 unspecified atom stereocenters. The molecule has 0 fully saturated rings. The van der Waals surface area contributed by atoms with E-state index in [0.717, 1.165) is 0 Å². The molecule has 1 atom stereocenters. The monoisotopic (exact) mass is 264 g/mol. The van der Waals surface area contributed by atoms with Crippen molar-refractivity contribution in [1.82, 2.24) is 0 Å². The zero-order valence-corrected chi connectivity index (χ0v) is 11.5. The van der Waals surface area contributed by atoms with Gasteiger partial charge in [0.05, 0.1) is 27.6 Å². The molecule has 0 radical (unpaired) electrons. The second-order valence-electron chi connectivity index (χ2n) is 5.30. The van der Waals surface area contributed by atoms with Crippen molar-refractivity contribution in [2.45, 2.75) is 24.9 Å². The highest BCUT2D eigenvalue weighted by molar-refractivity contribution is 7.96. The van der Waals surface area contributed by atoms with Gasteiger partial charge in [-0.25, -0.2) is 0 Å². The summed E-state index contributed by atoms with van der Waals surface area (Å²) in [5.41, 5.74) is -1.69. The van der Waals surface area contributed by atoms with Gasteiger partial charge in [0.2, 0.25) is 0 Å². The SMILES string of the molecule is C[N+](C)(C)CC(O)(CC(=O)S)C(=O)CCCO. The van der Waals surface area contributed by atoms with Gasteiger partial charge in [-0.1, -0.05) is 0 Å². The van der Waals surface area contributed by atoms with Crippen LogP contribution in [0.15, 0.2) is 0 Å². The molecule has 2 N–H and O–H groups in total. The molecule has 0 aliphatic heterocycles. The maximum absolute atomic E-state index is 11.9. The van der Waals surface area contributed by atoms with Crippen molar-refractivity contribution in [3.8, 4) is 0 Å². The van der Waals surface area contributed by atoms with Crippen molar-refractivity contribution in [1.29, 1.82) is 0 Å². The summed E-state index contributed by atoms with van der Waals surface area (Å²) in [7, 11) is 5.48. The first kappa shape index (κ1) is 16.6. The Morgan fingerprint density at radius 1 is 1.29 bits per heavy atom. The second-order valence-corrected chi connectivity index (χ2v) is 5.80. The van der Waals surface area contributed by atoms with Gasteiger partial charge < -0.3 is 14.7 Å². The van der Waals surface area contributed by atoms with Gasteiger partial charge in [0, 0.05) is 13.0 Å². The summed E-state index contributed by atoms with van der Waals surface area (Å²) in [4.78, 5) is 22.9. The predicted octanol–water partition coefficient (Wildman–Crippen LogP) is -0.388. The number of carbonyl (C=O) groups excluding carboxylic acids is 2. The molecule has 0 aliphatic carbocycles. The average molecular weight is 264 g/mol. The molecule has 0 spiro atoms. The van der Waals surface area contributed by atoms with Crippen LogP contribution < -0.4 is 0 Å². The lowest BCUT2D eigenvalue weighted by molar-refractivity contribution is -0.875. The Morgan fingerprint density at radius 2 is 1.82 bits per heavy atom. The Labute approximate surface area is 107 Å². The summed E-state index contributed by atoms with van der Waals surface area (Å²) >= 11 is 3.62. The van der Waals surface area contributed by atoms with E-state index in [1.54, 1.807) is 0 Å². The largest absolute Gasteiger partial charge is 0.396 e. The predicted molar refractivity (Wildman–Crippen MR) is 67.8 cm³/mol. The molecule has 17 heavy (non-hydrogen) atoms. The lowest BCUT2D eigenvalue weighted by atomic mass is 9.91. The fourth-order valence-electron chi connectivity index (χ4n) is 1.75. The number of thiol groups is 1. The first-order valence-corrected chi connectivity index (χ1v) is 5.94. The number of Topliss-reactive ketones (excluding diaryl/α,β-unsaturated/α-hetero) is 1. The molecule has 0 aliphatic rings. The van der Waals surface area contributed by atoms with E-state index < -0.39 is 16.5 Å². The first-order valence-electron chi connectivity index (χ1n) is 5.49. The Kier molecular flexibility index (Phi) is 6.32. The number of likely N-dealkylation sites (N-methyl/N-ethyl adjacent to an activating group) is 1. The number of hydrogen-bond acceptors (Lipinski definition) is 4. The van der Waals surface area contributed by atoms with Crippen LogP contribution in [0.25, 0.3) is 0 Å². The average Bonchev–Trinajstić information content (AvgIpc) is 2.09. The van der Waals surface area contributed by atoms with Gasteiger partial charge >= 0.3 is 0 Å². The summed E-state index contributed by atoms with van der Waals surface area (Å²) in [6.07, 6.45) is 0.0585. The molecule has 0 aromatic rings. The van der Waals surface area contributed by atoms with E-state index in [9.17, 15) is 14.7 Å². The molecule has 0 aromatic carbocycles. The van der Waals surface area contributed by atoms with E-state index in [1.165, 1.54) is 0 Å². The summed E-state index contributed by atoms with van der Waals surface area (Å²) in [5.74, 6) is -0.415. The van der Waals surface area contributed by atoms with Crippen LogP contribution in [-0.4, -0.2) is 65.5 Å². The van der Waals surface area contributed by atoms with E-state index in [0.29, 0.717) is 10.9 Å². The Morgan fingerprint density at radius 3 is 2.18 bits per heavy atom. The van der Waals surface area contributed by atoms with E-state index in [4.69, 9.17) is 5.11 Å². The molecule has 0 bridgehead atoms. The molecule has 0 aromatic heterocycles. The van der Waals surface area contributed by atoms with Crippen molar-refractivity contribution in [3.05, 3.63) is 0 Å². The minimum Gasteiger partial charge on any atom is -0.396 e. The smallest absolute Gasteiger partial charge is 0.189 e. The van der Waals surface area contributed by atoms with Crippen LogP contribution >= 0.6 is 12.6 Å². The molecule has 0 saturated carbocycles. The van der Waals surface area contributed by atoms with Crippen LogP contribution in [0.4, 0.5) is 0 Å². The highest BCUT2D eigenvalue weighted by Crippen LogP contribution is 2.19. The highest BCUT2D eigenvalue weighted by atomic mass is 32.1. The van der Waals surface area contributed by atoms with Gasteiger partial charge in [0.25, 0.3) is 0 Å². The topological polar surface area (TPSA) is 74.6 Å². The lowest BCUT2D eigenvalue weighted by Crippen LogP contribution is -2.54. The van der Waals surface area contributed by atoms with Crippen molar-refractivity contribution >= 4 is 23.5 Å².